The summed E-state index contributed by atoms with van der Waals surface area (Å²) in [5.74, 6) is 0.105. The molecule has 2 N–H and O–H groups in total. The molecule has 20 heavy (non-hydrogen) atoms. The molecule has 1 aromatic rings. The van der Waals surface area contributed by atoms with E-state index in [2.05, 4.69) is 10.3 Å². The Kier molecular flexibility index (Phi) is 2.47. The molecular formula is C13H15N3O3S. The zero-order chi connectivity index (χ0) is 13.9. The van der Waals surface area contributed by atoms with E-state index in [1.807, 2.05) is 0 Å². The van der Waals surface area contributed by atoms with Crippen molar-refractivity contribution in [3.63, 3.8) is 0 Å². The van der Waals surface area contributed by atoms with Gasteiger partial charge in [-0.1, -0.05) is 0 Å². The molecule has 0 radical (unpaired) electrons. The first kappa shape index (κ1) is 12.3. The molecular weight excluding hydrogens is 278 g/mol. The van der Waals surface area contributed by atoms with Crippen molar-refractivity contribution in [1.29, 1.82) is 0 Å². The predicted octanol–water partition coefficient (Wildman–Crippen LogP) is 0.311. The quantitative estimate of drug-likeness (QED) is 0.840. The number of likely N-dealkylation sites (tertiary alicyclic amines) is 1. The monoisotopic (exact) mass is 293 g/mol. The lowest BCUT2D eigenvalue weighted by atomic mass is 9.79. The molecule has 7 heteroatoms. The zero-order valence-corrected chi connectivity index (χ0v) is 11.6. The number of thiazole rings is 1. The second-order valence-electron chi connectivity index (χ2n) is 5.97. The molecule has 2 aliphatic carbocycles. The first-order chi connectivity index (χ1) is 9.60. The number of fused-ring (bicyclic) bond motifs is 1. The van der Waals surface area contributed by atoms with Gasteiger partial charge in [-0.3, -0.25) is 9.59 Å². The Labute approximate surface area is 119 Å². The summed E-state index contributed by atoms with van der Waals surface area (Å²) in [6.45, 7) is 0.973. The smallest absolute Gasteiger partial charge is 0.232 e. The number of hydrogen-bond acceptors (Lipinski definition) is 5. The molecule has 1 aliphatic heterocycles. The molecule has 0 spiro atoms. The molecule has 0 unspecified atom stereocenters. The third-order valence-electron chi connectivity index (χ3n) is 4.80. The first-order valence-electron chi connectivity index (χ1n) is 6.78. The maximum absolute atomic E-state index is 12.3. The van der Waals surface area contributed by atoms with Crippen LogP contribution >= 0.6 is 11.3 Å². The number of anilines is 1. The van der Waals surface area contributed by atoms with Gasteiger partial charge in [0, 0.05) is 30.6 Å². The minimum absolute atomic E-state index is 0.0671. The highest BCUT2D eigenvalue weighted by molar-refractivity contribution is 7.13. The third kappa shape index (κ3) is 1.63. The number of carbonyl (C=O) groups is 2. The number of nitrogens with zero attached hydrogens (tertiary/aromatic N) is 2. The minimum atomic E-state index is -0.288. The molecule has 3 atom stereocenters. The normalized spacial score (nSPS) is 34.8. The molecule has 0 bridgehead atoms. The minimum Gasteiger partial charge on any atom is -0.393 e. The van der Waals surface area contributed by atoms with Crippen LogP contribution in [0.25, 0.3) is 0 Å². The van der Waals surface area contributed by atoms with Gasteiger partial charge in [0.15, 0.2) is 5.13 Å². The summed E-state index contributed by atoms with van der Waals surface area (Å²) < 4.78 is 0. The van der Waals surface area contributed by atoms with Crippen molar-refractivity contribution in [2.45, 2.75) is 18.9 Å². The van der Waals surface area contributed by atoms with Crippen molar-refractivity contribution < 1.29 is 14.7 Å². The van der Waals surface area contributed by atoms with Crippen molar-refractivity contribution in [2.75, 3.05) is 18.4 Å². The van der Waals surface area contributed by atoms with Crippen molar-refractivity contribution in [3.8, 4) is 0 Å². The van der Waals surface area contributed by atoms with Crippen molar-refractivity contribution >= 4 is 28.3 Å². The lowest BCUT2D eigenvalue weighted by Crippen LogP contribution is -2.58. The molecule has 3 fully saturated rings. The Bertz CT molecular complexity index is 569. The van der Waals surface area contributed by atoms with E-state index in [9.17, 15) is 14.7 Å². The molecule has 2 amide bonds. The van der Waals surface area contributed by atoms with Crippen LogP contribution in [-0.2, 0) is 9.59 Å². The highest BCUT2D eigenvalue weighted by atomic mass is 32.1. The lowest BCUT2D eigenvalue weighted by Gasteiger charge is -2.43. The number of hydrogen-bond donors (Lipinski definition) is 2. The van der Waals surface area contributed by atoms with Gasteiger partial charge >= 0.3 is 0 Å². The van der Waals surface area contributed by atoms with Crippen LogP contribution in [0, 0.1) is 17.3 Å². The molecule has 106 valence electrons. The fraction of sp³-hybridized carbons (Fsp3) is 0.615. The van der Waals surface area contributed by atoms with Crippen LogP contribution in [-0.4, -0.2) is 46.0 Å². The average Bonchev–Trinajstić information content (AvgIpc) is 2.70. The van der Waals surface area contributed by atoms with Crippen molar-refractivity contribution in [2.24, 2.45) is 17.3 Å². The second kappa shape index (κ2) is 4.02. The van der Waals surface area contributed by atoms with E-state index in [0.717, 1.165) is 6.42 Å². The van der Waals surface area contributed by atoms with Gasteiger partial charge in [0.1, 0.15) is 0 Å². The van der Waals surface area contributed by atoms with Gasteiger partial charge in [0.05, 0.1) is 17.4 Å². The molecule has 0 aromatic carbocycles. The molecule has 2 saturated carbocycles. The fourth-order valence-corrected chi connectivity index (χ4v) is 3.91. The molecule has 1 aromatic heterocycles. The van der Waals surface area contributed by atoms with Gasteiger partial charge in [0.25, 0.3) is 0 Å². The Morgan fingerprint density at radius 2 is 2.25 bits per heavy atom. The van der Waals surface area contributed by atoms with Crippen molar-refractivity contribution in [1.82, 2.24) is 9.88 Å². The summed E-state index contributed by atoms with van der Waals surface area (Å²) in [6.07, 6.45) is 2.78. The Morgan fingerprint density at radius 3 is 2.80 bits per heavy atom. The topological polar surface area (TPSA) is 82.5 Å². The summed E-state index contributed by atoms with van der Waals surface area (Å²) in [5, 5.41) is 14.7. The van der Waals surface area contributed by atoms with E-state index in [-0.39, 0.29) is 35.2 Å². The maximum Gasteiger partial charge on any atom is 0.232 e. The number of carbonyl (C=O) groups excluding carboxylic acids is 2. The van der Waals surface area contributed by atoms with Crippen LogP contribution in [0.15, 0.2) is 11.6 Å². The predicted molar refractivity (Wildman–Crippen MR) is 72.0 cm³/mol. The van der Waals surface area contributed by atoms with E-state index in [4.69, 9.17) is 0 Å². The SMILES string of the molecule is O=C(Nc1nccs1)C1CN(C(=O)[C@]23C[C@@H](O)[C@H]2C3)C1. The van der Waals surface area contributed by atoms with E-state index in [0.29, 0.717) is 24.6 Å². The largest absolute Gasteiger partial charge is 0.393 e. The summed E-state index contributed by atoms with van der Waals surface area (Å²) in [4.78, 5) is 30.0. The third-order valence-corrected chi connectivity index (χ3v) is 5.49. The van der Waals surface area contributed by atoms with Gasteiger partial charge in [-0.05, 0) is 12.8 Å². The number of aromatic nitrogens is 1. The van der Waals surface area contributed by atoms with Crippen LogP contribution in [0.4, 0.5) is 5.13 Å². The van der Waals surface area contributed by atoms with Crippen LogP contribution in [0.1, 0.15) is 12.8 Å². The first-order valence-corrected chi connectivity index (χ1v) is 7.66. The summed E-state index contributed by atoms with van der Waals surface area (Å²) in [5.41, 5.74) is -0.268. The summed E-state index contributed by atoms with van der Waals surface area (Å²) in [6, 6.07) is 0. The highest BCUT2D eigenvalue weighted by Gasteiger charge is 2.72. The van der Waals surface area contributed by atoms with Crippen LogP contribution in [0.3, 0.4) is 0 Å². The van der Waals surface area contributed by atoms with Gasteiger partial charge < -0.3 is 15.3 Å². The summed E-state index contributed by atoms with van der Waals surface area (Å²) >= 11 is 1.38. The Hall–Kier alpha value is -1.47. The average molecular weight is 293 g/mol. The van der Waals surface area contributed by atoms with Gasteiger partial charge in [-0.2, -0.15) is 0 Å². The van der Waals surface area contributed by atoms with Gasteiger partial charge in [-0.15, -0.1) is 11.3 Å². The van der Waals surface area contributed by atoms with E-state index in [1.165, 1.54) is 11.3 Å². The number of nitrogens with one attached hydrogen (secondary N) is 1. The second-order valence-corrected chi connectivity index (χ2v) is 6.87. The number of rotatable bonds is 3. The molecule has 2 heterocycles. The molecule has 6 nitrogen and oxygen atoms in total. The fourth-order valence-electron chi connectivity index (χ4n) is 3.38. The molecule has 1 saturated heterocycles. The Balaban J connectivity index is 1.30. The zero-order valence-electron chi connectivity index (χ0n) is 10.8. The maximum atomic E-state index is 12.3. The lowest BCUT2D eigenvalue weighted by molar-refractivity contribution is -0.152. The van der Waals surface area contributed by atoms with Gasteiger partial charge in [0.2, 0.25) is 11.8 Å². The number of aliphatic hydroxyl groups excluding tert-OH is 1. The van der Waals surface area contributed by atoms with E-state index >= 15 is 0 Å². The summed E-state index contributed by atoms with van der Waals surface area (Å²) in [7, 11) is 0. The number of amides is 2. The van der Waals surface area contributed by atoms with Crippen LogP contribution in [0.5, 0.6) is 0 Å². The van der Waals surface area contributed by atoms with Crippen LogP contribution in [0.2, 0.25) is 0 Å². The number of aliphatic hydroxyl groups is 1. The van der Waals surface area contributed by atoms with E-state index in [1.54, 1.807) is 16.5 Å². The van der Waals surface area contributed by atoms with Gasteiger partial charge in [-0.25, -0.2) is 4.98 Å². The highest BCUT2D eigenvalue weighted by Crippen LogP contribution is 2.68. The molecule has 4 rings (SSSR count). The van der Waals surface area contributed by atoms with Crippen LogP contribution < -0.4 is 5.32 Å². The molecule has 3 aliphatic rings. The van der Waals surface area contributed by atoms with E-state index < -0.39 is 0 Å². The standard InChI is InChI=1S/C13H15N3O3S/c17-9-4-13(3-8(9)13)11(19)16-5-7(6-16)10(18)15-12-14-1-2-20-12/h1-2,7-9,17H,3-6H2,(H,14,15,18)/t8-,9-,13-/m1/s1. The van der Waals surface area contributed by atoms with Crippen molar-refractivity contribution in [3.05, 3.63) is 11.6 Å². The Morgan fingerprint density at radius 1 is 1.45 bits per heavy atom.